The molecule has 0 saturated heterocycles. The van der Waals surface area contributed by atoms with E-state index in [0.717, 1.165) is 63.1 Å². The molecular weight excluding hydrogens is 463 g/mol. The van der Waals surface area contributed by atoms with Crippen LogP contribution in [0.15, 0.2) is 28.7 Å². The highest BCUT2D eigenvalue weighted by atomic mass is 19.4. The van der Waals surface area contributed by atoms with E-state index in [2.05, 4.69) is 20.3 Å². The monoisotopic (exact) mass is 489 g/mol. The van der Waals surface area contributed by atoms with Crippen molar-refractivity contribution >= 4 is 17.6 Å². The summed E-state index contributed by atoms with van der Waals surface area (Å²) in [6.45, 7) is 3.27. The van der Waals surface area contributed by atoms with Gasteiger partial charge in [0.2, 0.25) is 23.7 Å². The van der Waals surface area contributed by atoms with Gasteiger partial charge in [-0.3, -0.25) is 0 Å². The van der Waals surface area contributed by atoms with Crippen molar-refractivity contribution in [2.24, 2.45) is 0 Å². The molecule has 0 unspecified atom stereocenters. The second-order valence-corrected chi connectivity index (χ2v) is 9.82. The lowest BCUT2D eigenvalue weighted by atomic mass is 9.57. The summed E-state index contributed by atoms with van der Waals surface area (Å²) in [5.74, 6) is 2.40. The van der Waals surface area contributed by atoms with Crippen LogP contribution in [-0.4, -0.2) is 43.4 Å². The highest BCUT2D eigenvalue weighted by Crippen LogP contribution is 2.54. The molecule has 0 amide bonds. The van der Waals surface area contributed by atoms with Gasteiger partial charge in [0.05, 0.1) is 0 Å². The second-order valence-electron chi connectivity index (χ2n) is 9.82. The van der Waals surface area contributed by atoms with Gasteiger partial charge in [0.1, 0.15) is 5.75 Å². The van der Waals surface area contributed by atoms with Gasteiger partial charge in [-0.15, -0.1) is 28.5 Å². The van der Waals surface area contributed by atoms with Crippen molar-refractivity contribution in [2.75, 3.05) is 16.8 Å². The summed E-state index contributed by atoms with van der Waals surface area (Å²) in [6.07, 6.45) is 2.01. The molecule has 2 aromatic heterocycles. The fraction of sp³-hybridized carbons (Fsp3) is 0.565. The fourth-order valence-corrected chi connectivity index (χ4v) is 5.73. The molecular formula is C23H26F3N7O2. The largest absolute Gasteiger partial charge is 0.573 e. The molecule has 1 aromatic carbocycles. The average molecular weight is 490 g/mol. The van der Waals surface area contributed by atoms with Crippen molar-refractivity contribution < 1.29 is 22.3 Å². The van der Waals surface area contributed by atoms with E-state index in [0.29, 0.717) is 24.3 Å². The molecule has 35 heavy (non-hydrogen) atoms. The molecule has 0 radical (unpaired) electrons. The summed E-state index contributed by atoms with van der Waals surface area (Å²) in [7, 11) is 0. The molecule has 0 atom stereocenters. The van der Waals surface area contributed by atoms with Crippen molar-refractivity contribution in [2.45, 2.75) is 75.7 Å². The lowest BCUT2D eigenvalue weighted by Crippen LogP contribution is -2.52. The van der Waals surface area contributed by atoms with Gasteiger partial charge >= 0.3 is 6.36 Å². The Balaban J connectivity index is 1.18. The molecule has 3 fully saturated rings. The van der Waals surface area contributed by atoms with E-state index in [1.165, 1.54) is 12.1 Å². The van der Waals surface area contributed by atoms with E-state index >= 15 is 0 Å². The number of hydrogen-bond donors (Lipinski definition) is 1. The third-order valence-corrected chi connectivity index (χ3v) is 7.63. The topological polar surface area (TPSA) is 94.1 Å². The van der Waals surface area contributed by atoms with Crippen LogP contribution in [0.4, 0.5) is 30.8 Å². The summed E-state index contributed by atoms with van der Waals surface area (Å²) in [5, 5.41) is 16.7. The standard InChI is InChI=1S/C23H26F3N7O2/c1-15-29-30-18(34-15)21-7-10-22(11-8-21,12-9-21)28-19-27-20-32(13-2-14-33(20)31-19)16-3-5-17(6-4-16)35-23(24,25)26/h3-6H,2,7-14H2,1H3,(H,28,31). The number of fused-ring (bicyclic) bond motifs is 4. The number of anilines is 3. The number of aromatic nitrogens is 5. The maximum atomic E-state index is 12.5. The number of alkyl halides is 3. The lowest BCUT2D eigenvalue weighted by molar-refractivity contribution is -0.274. The number of rotatable bonds is 5. The van der Waals surface area contributed by atoms with Gasteiger partial charge in [-0.25, -0.2) is 4.68 Å². The fourth-order valence-electron chi connectivity index (χ4n) is 5.73. The van der Waals surface area contributed by atoms with Crippen LogP contribution in [0.5, 0.6) is 5.75 Å². The zero-order chi connectivity index (χ0) is 24.3. The maximum Gasteiger partial charge on any atom is 0.573 e. The Labute approximate surface area is 199 Å². The van der Waals surface area contributed by atoms with Crippen molar-refractivity contribution in [1.29, 1.82) is 0 Å². The molecule has 3 saturated carbocycles. The maximum absolute atomic E-state index is 12.5. The normalized spacial score (nSPS) is 26.0. The van der Waals surface area contributed by atoms with Gasteiger partial charge in [0, 0.05) is 36.7 Å². The molecule has 1 N–H and O–H groups in total. The highest BCUT2D eigenvalue weighted by Gasteiger charge is 2.52. The van der Waals surface area contributed by atoms with Crippen LogP contribution in [0.2, 0.25) is 0 Å². The van der Waals surface area contributed by atoms with E-state index in [1.807, 2.05) is 16.5 Å². The van der Waals surface area contributed by atoms with Gasteiger partial charge in [0.25, 0.3) is 0 Å². The predicted octanol–water partition coefficient (Wildman–Crippen LogP) is 4.87. The second kappa shape index (κ2) is 7.85. The third-order valence-electron chi connectivity index (χ3n) is 7.63. The van der Waals surface area contributed by atoms with Gasteiger partial charge in [0.15, 0.2) is 0 Å². The molecule has 7 rings (SSSR count). The summed E-state index contributed by atoms with van der Waals surface area (Å²) in [5.41, 5.74) is 0.660. The van der Waals surface area contributed by atoms with E-state index in [9.17, 15) is 13.2 Å². The molecule has 2 bridgehead atoms. The smallest absolute Gasteiger partial charge is 0.425 e. The molecule has 9 nitrogen and oxygen atoms in total. The van der Waals surface area contributed by atoms with Crippen LogP contribution < -0.4 is 15.0 Å². The van der Waals surface area contributed by atoms with Crippen molar-refractivity contribution in [3.63, 3.8) is 0 Å². The van der Waals surface area contributed by atoms with Crippen LogP contribution >= 0.6 is 0 Å². The quantitative estimate of drug-likeness (QED) is 0.543. The predicted molar refractivity (Wildman–Crippen MR) is 120 cm³/mol. The Morgan fingerprint density at radius 3 is 2.34 bits per heavy atom. The Bertz CT molecular complexity index is 1200. The van der Waals surface area contributed by atoms with Crippen molar-refractivity contribution in [3.8, 4) is 5.75 Å². The zero-order valence-corrected chi connectivity index (χ0v) is 19.3. The molecule has 3 aromatic rings. The Morgan fingerprint density at radius 1 is 1.00 bits per heavy atom. The molecule has 186 valence electrons. The Hall–Kier alpha value is -3.31. The molecule has 3 heterocycles. The molecule has 3 aliphatic carbocycles. The summed E-state index contributed by atoms with van der Waals surface area (Å²) < 4.78 is 49.1. The van der Waals surface area contributed by atoms with Crippen LogP contribution in [-0.2, 0) is 12.0 Å². The lowest BCUT2D eigenvalue weighted by Gasteiger charge is -2.51. The van der Waals surface area contributed by atoms with Crippen LogP contribution in [0.1, 0.15) is 56.7 Å². The first-order valence-corrected chi connectivity index (χ1v) is 11.9. The highest BCUT2D eigenvalue weighted by molar-refractivity contribution is 5.60. The van der Waals surface area contributed by atoms with Crippen LogP contribution in [0, 0.1) is 6.92 Å². The minimum Gasteiger partial charge on any atom is -0.425 e. The SMILES string of the molecule is Cc1nnc(C23CCC(Nc4nc5n(n4)CCCN5c4ccc(OC(F)(F)F)cc4)(CC2)CC3)o1. The number of nitrogens with zero attached hydrogens (tertiary/aromatic N) is 6. The molecule has 12 heteroatoms. The first kappa shape index (κ1) is 22.2. The number of ether oxygens (including phenoxy) is 1. The third kappa shape index (κ3) is 4.08. The molecule has 1 aliphatic heterocycles. The summed E-state index contributed by atoms with van der Waals surface area (Å²) in [4.78, 5) is 6.76. The summed E-state index contributed by atoms with van der Waals surface area (Å²) >= 11 is 0. The molecule has 4 aliphatic rings. The van der Waals surface area contributed by atoms with Gasteiger partial charge < -0.3 is 19.4 Å². The van der Waals surface area contributed by atoms with Crippen LogP contribution in [0.25, 0.3) is 0 Å². The zero-order valence-electron chi connectivity index (χ0n) is 19.3. The number of nitrogens with one attached hydrogen (secondary N) is 1. The number of aryl methyl sites for hydroxylation is 2. The minimum absolute atomic E-state index is 0.0235. The molecule has 0 spiro atoms. The van der Waals surface area contributed by atoms with Gasteiger partial charge in [-0.2, -0.15) is 4.98 Å². The van der Waals surface area contributed by atoms with Crippen molar-refractivity contribution in [3.05, 3.63) is 36.0 Å². The first-order chi connectivity index (χ1) is 16.7. The van der Waals surface area contributed by atoms with Crippen molar-refractivity contribution in [1.82, 2.24) is 25.0 Å². The number of hydrogen-bond acceptors (Lipinski definition) is 8. The van der Waals surface area contributed by atoms with E-state index in [1.54, 1.807) is 12.1 Å². The minimum atomic E-state index is -4.71. The van der Waals surface area contributed by atoms with Crippen LogP contribution in [0.3, 0.4) is 0 Å². The Kier molecular flexibility index (Phi) is 4.98. The number of halogens is 3. The first-order valence-electron chi connectivity index (χ1n) is 11.9. The average Bonchev–Trinajstić information content (AvgIpc) is 3.45. The number of benzene rings is 1. The van der Waals surface area contributed by atoms with Gasteiger partial charge in [-0.05, 0) is 69.2 Å². The van der Waals surface area contributed by atoms with Gasteiger partial charge in [-0.1, -0.05) is 0 Å². The summed E-state index contributed by atoms with van der Waals surface area (Å²) in [6, 6.07) is 5.85. The van der Waals surface area contributed by atoms with E-state index in [-0.39, 0.29) is 16.7 Å². The van der Waals surface area contributed by atoms with E-state index in [4.69, 9.17) is 14.5 Å². The Morgan fingerprint density at radius 2 is 1.71 bits per heavy atom. The van der Waals surface area contributed by atoms with E-state index < -0.39 is 6.36 Å².